The van der Waals surface area contributed by atoms with E-state index in [1.807, 2.05) is 13.8 Å². The van der Waals surface area contributed by atoms with E-state index in [-0.39, 0.29) is 35.3 Å². The normalized spacial score (nSPS) is 11.8. The number of carbonyl (C=O) groups excluding carboxylic acids is 2. The molecule has 0 saturated heterocycles. The standard InChI is InChI=1S/C22H24F3NO2/c1-13(2)18-10-9-17(12-19(18)22(23,24)25)26-21(28)16-7-5-15(6-8-16)11-20(27)14(3)4/h5-10,12-14H,11H2,1-4H3,(H,26,28). The highest BCUT2D eigenvalue weighted by atomic mass is 19.4. The molecule has 0 radical (unpaired) electrons. The van der Waals surface area contributed by atoms with Gasteiger partial charge in [-0.25, -0.2) is 0 Å². The maximum Gasteiger partial charge on any atom is 0.416 e. The summed E-state index contributed by atoms with van der Waals surface area (Å²) in [5.41, 5.74) is 0.617. The van der Waals surface area contributed by atoms with Gasteiger partial charge < -0.3 is 5.32 Å². The molecule has 0 aliphatic heterocycles. The Labute approximate surface area is 163 Å². The predicted octanol–water partition coefficient (Wildman–Crippen LogP) is 5.85. The third kappa shape index (κ3) is 5.44. The van der Waals surface area contributed by atoms with Crippen molar-refractivity contribution in [3.05, 3.63) is 64.7 Å². The van der Waals surface area contributed by atoms with Crippen LogP contribution in [0.25, 0.3) is 0 Å². The molecule has 0 heterocycles. The van der Waals surface area contributed by atoms with Gasteiger partial charge in [-0.3, -0.25) is 9.59 Å². The fourth-order valence-electron chi connectivity index (χ4n) is 2.77. The zero-order chi connectivity index (χ0) is 21.1. The van der Waals surface area contributed by atoms with Crippen LogP contribution in [0.5, 0.6) is 0 Å². The number of alkyl halides is 3. The molecule has 2 rings (SSSR count). The van der Waals surface area contributed by atoms with Crippen molar-refractivity contribution in [3.8, 4) is 0 Å². The maximum atomic E-state index is 13.3. The molecule has 0 aromatic heterocycles. The van der Waals surface area contributed by atoms with Crippen LogP contribution >= 0.6 is 0 Å². The number of anilines is 1. The summed E-state index contributed by atoms with van der Waals surface area (Å²) in [6.07, 6.45) is -4.21. The summed E-state index contributed by atoms with van der Waals surface area (Å²) >= 11 is 0. The van der Waals surface area contributed by atoms with E-state index in [1.54, 1.807) is 38.1 Å². The molecule has 0 aliphatic carbocycles. The lowest BCUT2D eigenvalue weighted by molar-refractivity contribution is -0.138. The summed E-state index contributed by atoms with van der Waals surface area (Å²) in [5.74, 6) is -0.767. The van der Waals surface area contributed by atoms with Gasteiger partial charge >= 0.3 is 6.18 Å². The van der Waals surface area contributed by atoms with E-state index in [9.17, 15) is 22.8 Å². The fraction of sp³-hybridized carbons (Fsp3) is 0.364. The zero-order valence-corrected chi connectivity index (χ0v) is 16.4. The Morgan fingerprint density at radius 3 is 2.07 bits per heavy atom. The van der Waals surface area contributed by atoms with Gasteiger partial charge in [0.2, 0.25) is 0 Å². The van der Waals surface area contributed by atoms with Crippen molar-refractivity contribution in [2.24, 2.45) is 5.92 Å². The summed E-state index contributed by atoms with van der Waals surface area (Å²) in [6.45, 7) is 7.02. The number of nitrogens with one attached hydrogen (secondary N) is 1. The summed E-state index contributed by atoms with van der Waals surface area (Å²) in [7, 11) is 0. The SMILES string of the molecule is CC(C)C(=O)Cc1ccc(C(=O)Nc2ccc(C(C)C)c(C(F)(F)F)c2)cc1. The molecule has 0 spiro atoms. The Morgan fingerprint density at radius 1 is 0.964 bits per heavy atom. The van der Waals surface area contributed by atoms with Crippen LogP contribution in [0.4, 0.5) is 18.9 Å². The molecule has 150 valence electrons. The Bertz CT molecular complexity index is 853. The molecule has 1 amide bonds. The van der Waals surface area contributed by atoms with Crippen LogP contribution in [0, 0.1) is 5.92 Å². The minimum Gasteiger partial charge on any atom is -0.322 e. The van der Waals surface area contributed by atoms with Crippen molar-refractivity contribution in [1.82, 2.24) is 0 Å². The molecule has 6 heteroatoms. The molecule has 0 unspecified atom stereocenters. The second-order valence-corrected chi connectivity index (χ2v) is 7.40. The van der Waals surface area contributed by atoms with Gasteiger partial charge in [-0.1, -0.05) is 45.9 Å². The Balaban J connectivity index is 2.17. The quantitative estimate of drug-likeness (QED) is 0.671. The second-order valence-electron chi connectivity index (χ2n) is 7.40. The molecule has 28 heavy (non-hydrogen) atoms. The Morgan fingerprint density at radius 2 is 1.57 bits per heavy atom. The third-order valence-corrected chi connectivity index (χ3v) is 4.48. The lowest BCUT2D eigenvalue weighted by Gasteiger charge is -2.17. The van der Waals surface area contributed by atoms with Crippen molar-refractivity contribution < 1.29 is 22.8 Å². The van der Waals surface area contributed by atoms with E-state index in [0.29, 0.717) is 5.56 Å². The first-order chi connectivity index (χ1) is 13.0. The van der Waals surface area contributed by atoms with Crippen LogP contribution in [0.15, 0.2) is 42.5 Å². The van der Waals surface area contributed by atoms with Crippen LogP contribution in [-0.2, 0) is 17.4 Å². The summed E-state index contributed by atoms with van der Waals surface area (Å²) in [5, 5.41) is 2.51. The number of amides is 1. The van der Waals surface area contributed by atoms with Crippen LogP contribution in [0.3, 0.4) is 0 Å². The van der Waals surface area contributed by atoms with Crippen LogP contribution in [0.2, 0.25) is 0 Å². The van der Waals surface area contributed by atoms with E-state index in [0.717, 1.165) is 11.6 Å². The van der Waals surface area contributed by atoms with Crippen molar-refractivity contribution in [2.75, 3.05) is 5.32 Å². The van der Waals surface area contributed by atoms with Crippen LogP contribution in [-0.4, -0.2) is 11.7 Å². The number of hydrogen-bond donors (Lipinski definition) is 1. The van der Waals surface area contributed by atoms with Crippen molar-refractivity contribution in [1.29, 1.82) is 0 Å². The molecular weight excluding hydrogens is 367 g/mol. The molecule has 3 nitrogen and oxygen atoms in total. The smallest absolute Gasteiger partial charge is 0.322 e. The Kier molecular flexibility index (Phi) is 6.65. The number of carbonyl (C=O) groups is 2. The number of ketones is 1. The molecule has 0 atom stereocenters. The van der Waals surface area contributed by atoms with E-state index < -0.39 is 17.6 Å². The van der Waals surface area contributed by atoms with Gasteiger partial charge in [-0.05, 0) is 41.3 Å². The average Bonchev–Trinajstić information content (AvgIpc) is 2.61. The number of rotatable bonds is 6. The Hall–Kier alpha value is -2.63. The van der Waals surface area contributed by atoms with Crippen molar-refractivity contribution >= 4 is 17.4 Å². The average molecular weight is 391 g/mol. The van der Waals surface area contributed by atoms with Gasteiger partial charge in [0.15, 0.2) is 0 Å². The molecular formula is C22H24F3NO2. The molecule has 2 aromatic carbocycles. The maximum absolute atomic E-state index is 13.3. The van der Waals surface area contributed by atoms with Gasteiger partial charge in [0.25, 0.3) is 5.91 Å². The second kappa shape index (κ2) is 8.59. The molecule has 0 bridgehead atoms. The molecule has 0 saturated carbocycles. The number of Topliss-reactive ketones (excluding diaryl/α,β-unsaturated/α-hetero) is 1. The molecule has 1 N–H and O–H groups in total. The van der Waals surface area contributed by atoms with Gasteiger partial charge in [0, 0.05) is 23.6 Å². The van der Waals surface area contributed by atoms with Gasteiger partial charge in [0.1, 0.15) is 5.78 Å². The van der Waals surface area contributed by atoms with Crippen LogP contribution < -0.4 is 5.32 Å². The van der Waals surface area contributed by atoms with Gasteiger partial charge in [0.05, 0.1) is 5.56 Å². The summed E-state index contributed by atoms with van der Waals surface area (Å²) in [4.78, 5) is 24.2. The van der Waals surface area contributed by atoms with E-state index in [4.69, 9.17) is 0 Å². The van der Waals surface area contributed by atoms with Crippen molar-refractivity contribution in [2.45, 2.75) is 46.2 Å². The van der Waals surface area contributed by atoms with Crippen molar-refractivity contribution in [3.63, 3.8) is 0 Å². The number of benzene rings is 2. The van der Waals surface area contributed by atoms with Crippen LogP contribution in [0.1, 0.15) is 60.7 Å². The third-order valence-electron chi connectivity index (χ3n) is 4.48. The molecule has 2 aromatic rings. The monoisotopic (exact) mass is 391 g/mol. The lowest BCUT2D eigenvalue weighted by atomic mass is 9.96. The summed E-state index contributed by atoms with van der Waals surface area (Å²) in [6, 6.07) is 10.3. The highest BCUT2D eigenvalue weighted by Gasteiger charge is 2.34. The van der Waals surface area contributed by atoms with Gasteiger partial charge in [-0.2, -0.15) is 13.2 Å². The zero-order valence-electron chi connectivity index (χ0n) is 16.4. The highest BCUT2D eigenvalue weighted by molar-refractivity contribution is 6.04. The minimum atomic E-state index is -4.50. The minimum absolute atomic E-state index is 0.0698. The largest absolute Gasteiger partial charge is 0.416 e. The van der Waals surface area contributed by atoms with E-state index in [2.05, 4.69) is 5.32 Å². The topological polar surface area (TPSA) is 46.2 Å². The number of halogens is 3. The van der Waals surface area contributed by atoms with E-state index >= 15 is 0 Å². The fourth-order valence-corrected chi connectivity index (χ4v) is 2.77. The molecule has 0 fully saturated rings. The first-order valence-corrected chi connectivity index (χ1v) is 9.13. The first kappa shape index (κ1) is 21.7. The number of hydrogen-bond acceptors (Lipinski definition) is 2. The van der Waals surface area contributed by atoms with E-state index in [1.165, 1.54) is 12.1 Å². The summed E-state index contributed by atoms with van der Waals surface area (Å²) < 4.78 is 39.9. The lowest BCUT2D eigenvalue weighted by Crippen LogP contribution is -2.15. The molecule has 0 aliphatic rings. The predicted molar refractivity (Wildman–Crippen MR) is 103 cm³/mol. The highest BCUT2D eigenvalue weighted by Crippen LogP contribution is 2.36. The van der Waals surface area contributed by atoms with Gasteiger partial charge in [-0.15, -0.1) is 0 Å². The first-order valence-electron chi connectivity index (χ1n) is 9.13.